The van der Waals surface area contributed by atoms with Gasteiger partial charge in [0.05, 0.1) is 12.3 Å². The third-order valence-corrected chi connectivity index (χ3v) is 10.8. The van der Waals surface area contributed by atoms with Crippen LogP contribution in [-0.2, 0) is 35.7 Å². The number of nitrogens with zero attached hydrogens (tertiary/aromatic N) is 9. The lowest BCUT2D eigenvalue weighted by molar-refractivity contribution is -0.153. The van der Waals surface area contributed by atoms with Gasteiger partial charge in [-0.3, -0.25) is 4.79 Å². The number of aliphatic hydroxyl groups is 1. The zero-order chi connectivity index (χ0) is 44.0. The van der Waals surface area contributed by atoms with Gasteiger partial charge in [0.2, 0.25) is 17.6 Å². The van der Waals surface area contributed by atoms with Crippen molar-refractivity contribution >= 4 is 23.5 Å². The van der Waals surface area contributed by atoms with Crippen LogP contribution in [0.3, 0.4) is 0 Å². The zero-order valence-corrected chi connectivity index (χ0v) is 36.1. The molecular weight excluding hydrogens is 806 g/mol. The molecule has 62 heavy (non-hydrogen) atoms. The molecule has 0 aliphatic rings. The number of aliphatic carboxylic acids is 1. The Morgan fingerprint density at radius 1 is 0.742 bits per heavy atom. The summed E-state index contributed by atoms with van der Waals surface area (Å²) in [5.41, 5.74) is 8.46. The second kappa shape index (κ2) is 21.8. The molecule has 0 fully saturated rings. The van der Waals surface area contributed by atoms with Crippen LogP contribution < -0.4 is 0 Å². The van der Waals surface area contributed by atoms with Crippen LogP contribution in [0.5, 0.6) is 0 Å². The molecule has 3 heterocycles. The number of benzene rings is 4. The van der Waals surface area contributed by atoms with E-state index >= 15 is 0 Å². The molecule has 0 bridgehead atoms. The number of imidazole rings is 1. The molecule has 4 aromatic carbocycles. The molecule has 16 heteroatoms. The van der Waals surface area contributed by atoms with Crippen LogP contribution in [0.15, 0.2) is 97.1 Å². The van der Waals surface area contributed by atoms with E-state index in [9.17, 15) is 19.8 Å². The summed E-state index contributed by atoms with van der Waals surface area (Å²) in [6.45, 7) is 8.56. The fraction of sp³-hybridized carbons (Fsp3) is 0.326. The first kappa shape index (κ1) is 45.0. The van der Waals surface area contributed by atoms with Crippen LogP contribution in [0.4, 0.5) is 0 Å². The number of aromatic nitrogens is 10. The second-order valence-electron chi connectivity index (χ2n) is 15.2. The molecule has 0 spiro atoms. The number of unbranched alkanes of at least 4 members (excludes halogenated alkanes) is 2. The van der Waals surface area contributed by atoms with E-state index in [-0.39, 0.29) is 25.0 Å². The third kappa shape index (κ3) is 11.0. The van der Waals surface area contributed by atoms with Crippen molar-refractivity contribution in [1.82, 2.24) is 55.7 Å². The number of hydrogen-bond donors (Lipinski definition) is 4. The minimum atomic E-state index is -0.976. The van der Waals surface area contributed by atoms with E-state index in [1.54, 1.807) is 0 Å². The van der Waals surface area contributed by atoms with Gasteiger partial charge in [-0.25, -0.2) is 9.78 Å². The number of aliphatic hydroxyl groups excluding tert-OH is 1. The van der Waals surface area contributed by atoms with Gasteiger partial charge >= 0.3 is 5.97 Å². The maximum Gasteiger partial charge on any atom is 0.326 e. The summed E-state index contributed by atoms with van der Waals surface area (Å²) in [5.74, 6) is 0.695. The molecule has 7 aromatic rings. The Morgan fingerprint density at radius 2 is 1.26 bits per heavy atom. The van der Waals surface area contributed by atoms with Crippen LogP contribution in [0.25, 0.3) is 45.0 Å². The molecule has 0 aliphatic heterocycles. The molecular formula is C46H52ClN11O4. The molecule has 0 saturated carbocycles. The van der Waals surface area contributed by atoms with Crippen molar-refractivity contribution < 1.29 is 19.8 Å². The average Bonchev–Trinajstić information content (AvgIpc) is 4.08. The Hall–Kier alpha value is -6.58. The molecule has 0 radical (unpaired) electrons. The Kier molecular flexibility index (Phi) is 15.8. The first-order valence-electron chi connectivity index (χ1n) is 20.8. The van der Waals surface area contributed by atoms with Crippen molar-refractivity contribution in [3.05, 3.63) is 125 Å². The number of H-pyrrole nitrogens is 2. The summed E-state index contributed by atoms with van der Waals surface area (Å²) in [7, 11) is 0. The molecule has 0 saturated heterocycles. The van der Waals surface area contributed by atoms with E-state index in [1.807, 2.05) is 98.1 Å². The largest absolute Gasteiger partial charge is 0.480 e. The third-order valence-electron chi connectivity index (χ3n) is 10.5. The fourth-order valence-electron chi connectivity index (χ4n) is 7.33. The molecule has 322 valence electrons. The summed E-state index contributed by atoms with van der Waals surface area (Å²) in [4.78, 5) is 30.8. The molecule has 1 atom stereocenters. The van der Waals surface area contributed by atoms with E-state index in [2.05, 4.69) is 77.4 Å². The highest BCUT2D eigenvalue weighted by Crippen LogP contribution is 2.32. The van der Waals surface area contributed by atoms with Gasteiger partial charge in [0.15, 0.2) is 5.15 Å². The van der Waals surface area contributed by atoms with E-state index in [0.717, 1.165) is 82.4 Å². The van der Waals surface area contributed by atoms with Crippen molar-refractivity contribution in [2.75, 3.05) is 0 Å². The lowest BCUT2D eigenvalue weighted by Crippen LogP contribution is -2.47. The first-order chi connectivity index (χ1) is 30.1. The van der Waals surface area contributed by atoms with E-state index in [4.69, 9.17) is 11.6 Å². The Morgan fingerprint density at radius 3 is 1.71 bits per heavy atom. The monoisotopic (exact) mass is 857 g/mol. The SMILES string of the molecule is CCCCC(=O)N(Cc1ccc(-c2ccccc2-c2nn[nH]n2)cc1)[C@H](C(=O)O)C(C)C.CCCCc1nc(Cl)c(CO)n1Cc1ccc(-c2ccccc2-c2nn[nH]n2)cc1. The predicted molar refractivity (Wildman–Crippen MR) is 237 cm³/mol. The number of carboxylic acids is 1. The topological polar surface area (TPSA) is 205 Å². The maximum absolute atomic E-state index is 12.9. The van der Waals surface area contributed by atoms with Gasteiger partial charge < -0.3 is 19.7 Å². The summed E-state index contributed by atoms with van der Waals surface area (Å²) in [6, 6.07) is 31.0. The molecule has 1 amide bonds. The smallest absolute Gasteiger partial charge is 0.326 e. The van der Waals surface area contributed by atoms with Gasteiger partial charge in [0.25, 0.3) is 0 Å². The number of hydrogen-bond acceptors (Lipinski definition) is 10. The minimum Gasteiger partial charge on any atom is -0.480 e. The lowest BCUT2D eigenvalue weighted by Gasteiger charge is -2.32. The molecule has 3 aromatic heterocycles. The molecule has 0 unspecified atom stereocenters. The number of tetrazole rings is 2. The number of rotatable bonds is 18. The standard InChI is InChI=1S/C24H29N5O3.C22H23ClN6O/c1-4-5-10-21(30)29(22(16(2)3)24(31)32)15-17-11-13-18(14-12-17)19-8-6-7-9-20(19)23-25-27-28-26-23;1-2-3-8-20-24-21(23)19(14-30)29(20)13-15-9-11-16(12-10-15)17-6-4-5-7-18(17)22-25-27-28-26-22/h6-9,11-14,16,22H,4-5,10,15H2,1-3H3,(H,31,32)(H,25,26,27,28);4-7,9-12,30H,2-3,8,13-14H2,1H3,(H,25,26,27,28)/t22-;/m0./s1. The number of aryl methyl sites for hydroxylation is 1. The van der Waals surface area contributed by atoms with Gasteiger partial charge in [0, 0.05) is 37.1 Å². The van der Waals surface area contributed by atoms with Gasteiger partial charge in [-0.2, -0.15) is 10.4 Å². The summed E-state index contributed by atoms with van der Waals surface area (Å²) in [5, 5.41) is 48.6. The first-order valence-corrected chi connectivity index (χ1v) is 21.2. The fourth-order valence-corrected chi connectivity index (χ4v) is 7.59. The zero-order valence-electron chi connectivity index (χ0n) is 35.4. The van der Waals surface area contributed by atoms with Crippen LogP contribution in [0.2, 0.25) is 5.15 Å². The molecule has 7 rings (SSSR count). The number of carboxylic acid groups (broad SMARTS) is 1. The number of halogens is 1. The summed E-state index contributed by atoms with van der Waals surface area (Å²) >= 11 is 6.26. The second-order valence-corrected chi connectivity index (χ2v) is 15.6. The normalized spacial score (nSPS) is 11.6. The van der Waals surface area contributed by atoms with Gasteiger partial charge in [0.1, 0.15) is 11.9 Å². The Balaban J connectivity index is 0.000000207. The number of nitrogens with one attached hydrogen (secondary N) is 2. The Labute approximate surface area is 365 Å². The van der Waals surface area contributed by atoms with Crippen LogP contribution in [-0.4, -0.2) is 83.8 Å². The van der Waals surface area contributed by atoms with E-state index in [1.165, 1.54) is 4.90 Å². The Bertz CT molecular complexity index is 2490. The molecule has 15 nitrogen and oxygen atoms in total. The van der Waals surface area contributed by atoms with Gasteiger partial charge in [-0.15, -0.1) is 20.4 Å². The minimum absolute atomic E-state index is 0.125. The predicted octanol–water partition coefficient (Wildman–Crippen LogP) is 8.43. The number of amides is 1. The highest BCUT2D eigenvalue weighted by Gasteiger charge is 2.32. The number of aromatic amines is 2. The van der Waals surface area contributed by atoms with Crippen molar-refractivity contribution in [2.24, 2.45) is 5.92 Å². The van der Waals surface area contributed by atoms with Crippen molar-refractivity contribution in [3.63, 3.8) is 0 Å². The van der Waals surface area contributed by atoms with Crippen LogP contribution >= 0.6 is 11.6 Å². The van der Waals surface area contributed by atoms with Crippen LogP contribution in [0.1, 0.15) is 82.4 Å². The molecule has 0 aliphatic carbocycles. The van der Waals surface area contributed by atoms with Gasteiger partial charge in [-0.05, 0) is 62.6 Å². The molecule has 4 N–H and O–H groups in total. The number of carbonyl (C=O) groups excluding carboxylic acids is 1. The van der Waals surface area contributed by atoms with E-state index in [0.29, 0.717) is 35.5 Å². The average molecular weight is 858 g/mol. The summed E-state index contributed by atoms with van der Waals surface area (Å²) < 4.78 is 2.03. The van der Waals surface area contributed by atoms with Crippen molar-refractivity contribution in [3.8, 4) is 45.0 Å². The number of carbonyl (C=O) groups is 2. The quantitative estimate of drug-likeness (QED) is 0.0645. The maximum atomic E-state index is 12.9. The highest BCUT2D eigenvalue weighted by atomic mass is 35.5. The van der Waals surface area contributed by atoms with Crippen molar-refractivity contribution in [2.45, 2.75) is 92.0 Å². The van der Waals surface area contributed by atoms with Crippen LogP contribution in [0, 0.1) is 5.92 Å². The van der Waals surface area contributed by atoms with Crippen molar-refractivity contribution in [1.29, 1.82) is 0 Å². The summed E-state index contributed by atoms with van der Waals surface area (Å²) in [6.07, 6.45) is 4.92. The van der Waals surface area contributed by atoms with Gasteiger partial charge in [-0.1, -0.05) is 149 Å². The highest BCUT2D eigenvalue weighted by molar-refractivity contribution is 6.30. The van der Waals surface area contributed by atoms with E-state index < -0.39 is 12.0 Å². The lowest BCUT2D eigenvalue weighted by atomic mass is 9.97.